The number of likely N-dealkylation sites (tertiary alicyclic amines) is 1. The molecule has 10 heteroatoms. The van der Waals surface area contributed by atoms with Crippen LogP contribution < -0.4 is 9.47 Å². The second-order valence-corrected chi connectivity index (χ2v) is 6.69. The number of alkyl halides is 3. The lowest BCUT2D eigenvalue weighted by molar-refractivity contribution is -0.274. The summed E-state index contributed by atoms with van der Waals surface area (Å²) in [5, 5.41) is 1.81. The van der Waals surface area contributed by atoms with Crippen LogP contribution in [0.1, 0.15) is 12.1 Å². The molecule has 1 unspecified atom stereocenters. The molecule has 1 fully saturated rings. The maximum absolute atomic E-state index is 12.3. The third-order valence-electron chi connectivity index (χ3n) is 3.90. The molecule has 2 aromatic rings. The van der Waals surface area contributed by atoms with E-state index in [-0.39, 0.29) is 30.6 Å². The second-order valence-electron chi connectivity index (χ2n) is 5.97. The monoisotopic (exact) mass is 402 g/mol. The number of carbonyl (C=O) groups is 1. The van der Waals surface area contributed by atoms with Crippen LogP contribution in [0.4, 0.5) is 18.0 Å². The first-order valence-electron chi connectivity index (χ1n) is 8.16. The fourth-order valence-corrected chi connectivity index (χ4v) is 3.19. The van der Waals surface area contributed by atoms with Crippen LogP contribution in [0.5, 0.6) is 11.5 Å². The van der Waals surface area contributed by atoms with Crippen LogP contribution in [-0.2, 0) is 11.3 Å². The van der Waals surface area contributed by atoms with Gasteiger partial charge in [0, 0.05) is 30.5 Å². The van der Waals surface area contributed by atoms with E-state index in [4.69, 9.17) is 9.47 Å². The van der Waals surface area contributed by atoms with E-state index in [9.17, 15) is 18.0 Å². The number of hydrogen-bond acceptors (Lipinski definition) is 6. The quantitative estimate of drug-likeness (QED) is 0.729. The predicted octanol–water partition coefficient (Wildman–Crippen LogP) is 4.08. The lowest BCUT2D eigenvalue weighted by atomic mass is 10.1. The molecular formula is C17H17F3N2O4S. The summed E-state index contributed by atoms with van der Waals surface area (Å²) in [6.07, 6.45) is -4.43. The van der Waals surface area contributed by atoms with Crippen LogP contribution in [0.2, 0.25) is 0 Å². The van der Waals surface area contributed by atoms with E-state index in [0.717, 1.165) is 6.42 Å². The Bertz CT molecular complexity index is 755. The Hall–Kier alpha value is -2.49. The number of halogens is 3. The van der Waals surface area contributed by atoms with Crippen molar-refractivity contribution in [3.05, 3.63) is 40.8 Å². The lowest BCUT2D eigenvalue weighted by Crippen LogP contribution is -2.30. The highest BCUT2D eigenvalue weighted by atomic mass is 32.1. The van der Waals surface area contributed by atoms with Crippen LogP contribution in [0.3, 0.4) is 0 Å². The molecule has 0 spiro atoms. The van der Waals surface area contributed by atoms with Gasteiger partial charge in [0.05, 0.1) is 17.8 Å². The fraction of sp³-hybridized carbons (Fsp3) is 0.412. The molecule has 1 atom stereocenters. The van der Waals surface area contributed by atoms with Crippen molar-refractivity contribution >= 4 is 17.4 Å². The maximum Gasteiger partial charge on any atom is 0.573 e. The summed E-state index contributed by atoms with van der Waals surface area (Å²) in [5.41, 5.74) is 2.37. The lowest BCUT2D eigenvalue weighted by Gasteiger charge is -2.16. The molecule has 0 radical (unpaired) electrons. The van der Waals surface area contributed by atoms with Crippen molar-refractivity contribution in [2.75, 3.05) is 19.7 Å². The van der Waals surface area contributed by atoms with Crippen LogP contribution >= 0.6 is 11.3 Å². The molecule has 1 aliphatic rings. The van der Waals surface area contributed by atoms with Gasteiger partial charge in [0.2, 0.25) is 0 Å². The summed E-state index contributed by atoms with van der Waals surface area (Å²) in [6, 6.07) is 5.36. The molecule has 0 saturated carbocycles. The van der Waals surface area contributed by atoms with Gasteiger partial charge in [-0.25, -0.2) is 9.78 Å². The van der Waals surface area contributed by atoms with Gasteiger partial charge in [0.25, 0.3) is 0 Å². The summed E-state index contributed by atoms with van der Waals surface area (Å²) in [5.74, 6) is 0.0176. The van der Waals surface area contributed by atoms with E-state index < -0.39 is 12.5 Å². The maximum atomic E-state index is 12.3. The average Bonchev–Trinajstić information content (AvgIpc) is 3.28. The molecule has 1 aromatic heterocycles. The van der Waals surface area contributed by atoms with Crippen molar-refractivity contribution in [2.24, 2.45) is 5.92 Å². The van der Waals surface area contributed by atoms with Gasteiger partial charge < -0.3 is 19.1 Å². The molecule has 1 amide bonds. The van der Waals surface area contributed by atoms with E-state index >= 15 is 0 Å². The number of hydrogen-bond donors (Lipinski definition) is 0. The minimum absolute atomic E-state index is 0.0732. The van der Waals surface area contributed by atoms with Gasteiger partial charge in [-0.1, -0.05) is 6.07 Å². The molecule has 27 heavy (non-hydrogen) atoms. The summed E-state index contributed by atoms with van der Waals surface area (Å²) in [6.45, 7) is 1.42. The normalized spacial score (nSPS) is 17.0. The number of benzene rings is 1. The van der Waals surface area contributed by atoms with Crippen molar-refractivity contribution in [1.82, 2.24) is 9.88 Å². The molecule has 6 nitrogen and oxygen atoms in total. The topological polar surface area (TPSA) is 60.9 Å². The van der Waals surface area contributed by atoms with Gasteiger partial charge >= 0.3 is 12.5 Å². The minimum atomic E-state index is -4.75. The van der Waals surface area contributed by atoms with Crippen molar-refractivity contribution in [1.29, 1.82) is 0 Å². The fourth-order valence-electron chi connectivity index (χ4n) is 2.65. The van der Waals surface area contributed by atoms with E-state index in [1.165, 1.54) is 29.5 Å². The Morgan fingerprint density at radius 2 is 2.15 bits per heavy atom. The Kier molecular flexibility index (Phi) is 6.04. The van der Waals surface area contributed by atoms with Crippen molar-refractivity contribution in [3.8, 4) is 11.5 Å². The van der Waals surface area contributed by atoms with Gasteiger partial charge in [0.1, 0.15) is 18.1 Å². The SMILES string of the molecule is O=C(OCc1cscn1)N1CCC(COc2cccc(OC(F)(F)F)c2)C1. The standard InChI is InChI=1S/C17H17F3N2O4S/c18-17(19,20)26-15-3-1-2-14(6-15)24-8-12-4-5-22(7-12)16(23)25-9-13-10-27-11-21-13/h1-3,6,10-12H,4-5,7-9H2. The second kappa shape index (κ2) is 8.47. The van der Waals surface area contributed by atoms with Crippen molar-refractivity contribution in [2.45, 2.75) is 19.4 Å². The Morgan fingerprint density at radius 1 is 1.33 bits per heavy atom. The molecule has 0 bridgehead atoms. The first-order chi connectivity index (χ1) is 12.9. The van der Waals surface area contributed by atoms with E-state index in [0.29, 0.717) is 18.8 Å². The average molecular weight is 402 g/mol. The highest BCUT2D eigenvalue weighted by Crippen LogP contribution is 2.27. The predicted molar refractivity (Wildman–Crippen MR) is 90.6 cm³/mol. The number of rotatable bonds is 6. The van der Waals surface area contributed by atoms with Gasteiger partial charge in [-0.05, 0) is 18.6 Å². The van der Waals surface area contributed by atoms with Crippen molar-refractivity contribution < 1.29 is 32.2 Å². The Balaban J connectivity index is 1.43. The third-order valence-corrected chi connectivity index (χ3v) is 4.53. The number of nitrogens with zero attached hydrogens (tertiary/aromatic N) is 2. The smallest absolute Gasteiger partial charge is 0.493 e. The van der Waals surface area contributed by atoms with E-state index in [2.05, 4.69) is 9.72 Å². The molecule has 2 heterocycles. The molecule has 0 N–H and O–H groups in total. The Morgan fingerprint density at radius 3 is 2.89 bits per heavy atom. The van der Waals surface area contributed by atoms with Crippen LogP contribution in [0.25, 0.3) is 0 Å². The van der Waals surface area contributed by atoms with Gasteiger partial charge in [0.15, 0.2) is 0 Å². The zero-order valence-electron chi connectivity index (χ0n) is 14.1. The molecule has 146 valence electrons. The van der Waals surface area contributed by atoms with Crippen LogP contribution in [-0.4, -0.2) is 42.0 Å². The van der Waals surface area contributed by atoms with E-state index in [1.54, 1.807) is 16.5 Å². The summed E-state index contributed by atoms with van der Waals surface area (Å²) in [7, 11) is 0. The molecule has 1 aromatic carbocycles. The number of carbonyl (C=O) groups excluding carboxylic acids is 1. The zero-order chi connectivity index (χ0) is 19.3. The number of thiazole rings is 1. The molecule has 1 saturated heterocycles. The zero-order valence-corrected chi connectivity index (χ0v) is 15.0. The third kappa shape index (κ3) is 6.02. The number of ether oxygens (including phenoxy) is 3. The Labute approximate surface area is 157 Å². The summed E-state index contributed by atoms with van der Waals surface area (Å²) < 4.78 is 51.4. The highest BCUT2D eigenvalue weighted by Gasteiger charge is 2.31. The van der Waals surface area contributed by atoms with Gasteiger partial charge in [-0.3, -0.25) is 0 Å². The molecule has 3 rings (SSSR count). The number of amides is 1. The highest BCUT2D eigenvalue weighted by molar-refractivity contribution is 7.07. The summed E-state index contributed by atoms with van der Waals surface area (Å²) in [4.78, 5) is 17.7. The van der Waals surface area contributed by atoms with Gasteiger partial charge in [-0.2, -0.15) is 0 Å². The summed E-state index contributed by atoms with van der Waals surface area (Å²) >= 11 is 1.43. The molecule has 0 aliphatic carbocycles. The first-order valence-corrected chi connectivity index (χ1v) is 9.11. The van der Waals surface area contributed by atoms with Crippen molar-refractivity contribution in [3.63, 3.8) is 0 Å². The first kappa shape index (κ1) is 19.3. The number of aromatic nitrogens is 1. The van der Waals surface area contributed by atoms with Gasteiger partial charge in [-0.15, -0.1) is 24.5 Å². The molecule has 1 aliphatic heterocycles. The largest absolute Gasteiger partial charge is 0.573 e. The minimum Gasteiger partial charge on any atom is -0.493 e. The van der Waals surface area contributed by atoms with E-state index in [1.807, 2.05) is 5.38 Å². The van der Waals surface area contributed by atoms with Crippen LogP contribution in [0, 0.1) is 5.92 Å². The molecular weight excluding hydrogens is 385 g/mol. The van der Waals surface area contributed by atoms with Crippen LogP contribution in [0.15, 0.2) is 35.2 Å².